The first kappa shape index (κ1) is 19.6. The summed E-state index contributed by atoms with van der Waals surface area (Å²) in [5, 5.41) is -0.192. The minimum Gasteiger partial charge on any atom is -0.433 e. The van der Waals surface area contributed by atoms with Crippen LogP contribution in [0.4, 0.5) is 8.78 Å². The number of alkyl halides is 2. The highest BCUT2D eigenvalue weighted by Gasteiger charge is 2.24. The largest absolute Gasteiger partial charge is 0.433 e. The number of halogens is 3. The third kappa shape index (κ3) is 5.10. The Bertz CT molecular complexity index is 804. The van der Waals surface area contributed by atoms with E-state index in [1.54, 1.807) is 19.2 Å². The van der Waals surface area contributed by atoms with E-state index < -0.39 is 16.6 Å². The van der Waals surface area contributed by atoms with Crippen molar-refractivity contribution in [2.24, 2.45) is 0 Å². The maximum absolute atomic E-state index is 12.7. The average molecular weight is 391 g/mol. The predicted molar refractivity (Wildman–Crippen MR) is 90.5 cm³/mol. The Kier molecular flexibility index (Phi) is 6.69. The first-order valence-electron chi connectivity index (χ1n) is 7.49. The molecule has 0 unspecified atom stereocenters. The molecule has 1 heterocycles. The first-order valence-corrected chi connectivity index (χ1v) is 9.30. The second-order valence-electron chi connectivity index (χ2n) is 5.04. The third-order valence-electron chi connectivity index (χ3n) is 3.45. The molecule has 0 fully saturated rings. The molecule has 136 valence electrons. The number of sulfonamides is 1. The van der Waals surface area contributed by atoms with E-state index in [0.717, 1.165) is 17.8 Å². The van der Waals surface area contributed by atoms with Crippen LogP contribution in [0.2, 0.25) is 5.02 Å². The van der Waals surface area contributed by atoms with Gasteiger partial charge in [-0.1, -0.05) is 24.6 Å². The van der Waals surface area contributed by atoms with Gasteiger partial charge in [0.15, 0.2) is 0 Å². The summed E-state index contributed by atoms with van der Waals surface area (Å²) >= 11 is 5.85. The molecule has 1 aromatic carbocycles. The molecule has 5 nitrogen and oxygen atoms in total. The van der Waals surface area contributed by atoms with E-state index in [1.807, 2.05) is 12.1 Å². The summed E-state index contributed by atoms with van der Waals surface area (Å²) in [6.07, 6.45) is 2.09. The summed E-state index contributed by atoms with van der Waals surface area (Å²) in [5.74, 6) is -0.271. The van der Waals surface area contributed by atoms with Crippen molar-refractivity contribution in [2.75, 3.05) is 13.1 Å². The molecule has 0 atom stereocenters. The average Bonchev–Trinajstić information content (AvgIpc) is 2.57. The van der Waals surface area contributed by atoms with Crippen LogP contribution in [0.25, 0.3) is 0 Å². The Labute approximate surface area is 150 Å². The standard InChI is InChI=1S/C16H17ClF2N2O3S/c1-2-21(10-8-12-5-3-4-9-20-12)25(22,23)13-6-7-15(14(17)11-13)24-16(18)19/h3-7,9,11,16H,2,8,10H2,1H3. The SMILES string of the molecule is CCN(CCc1ccccn1)S(=O)(=O)c1ccc(OC(F)F)c(Cl)c1. The van der Waals surface area contributed by atoms with Crippen LogP contribution in [0, 0.1) is 0 Å². The number of ether oxygens (including phenoxy) is 1. The molecule has 25 heavy (non-hydrogen) atoms. The van der Waals surface area contributed by atoms with Gasteiger partial charge in [-0.05, 0) is 30.3 Å². The van der Waals surface area contributed by atoms with Crippen LogP contribution in [0.1, 0.15) is 12.6 Å². The molecule has 2 rings (SSSR count). The van der Waals surface area contributed by atoms with E-state index in [4.69, 9.17) is 11.6 Å². The lowest BCUT2D eigenvalue weighted by molar-refractivity contribution is -0.0498. The number of aromatic nitrogens is 1. The van der Waals surface area contributed by atoms with E-state index in [2.05, 4.69) is 9.72 Å². The minimum absolute atomic E-state index is 0.0815. The highest BCUT2D eigenvalue weighted by Crippen LogP contribution is 2.29. The fourth-order valence-corrected chi connectivity index (χ4v) is 3.98. The summed E-state index contributed by atoms with van der Waals surface area (Å²) < 4.78 is 55.5. The van der Waals surface area contributed by atoms with Crippen LogP contribution in [0.3, 0.4) is 0 Å². The van der Waals surface area contributed by atoms with Crippen molar-refractivity contribution in [3.63, 3.8) is 0 Å². The number of hydrogen-bond acceptors (Lipinski definition) is 4. The molecule has 0 radical (unpaired) electrons. The highest BCUT2D eigenvalue weighted by atomic mass is 35.5. The second kappa shape index (κ2) is 8.55. The summed E-state index contributed by atoms with van der Waals surface area (Å²) in [5.41, 5.74) is 0.773. The van der Waals surface area contributed by atoms with E-state index in [-0.39, 0.29) is 28.8 Å². The topological polar surface area (TPSA) is 59.5 Å². The Hall–Kier alpha value is -1.77. The Morgan fingerprint density at radius 2 is 2.04 bits per heavy atom. The lowest BCUT2D eigenvalue weighted by Crippen LogP contribution is -2.33. The quantitative estimate of drug-likeness (QED) is 0.691. The van der Waals surface area contributed by atoms with Gasteiger partial charge in [0.1, 0.15) is 5.75 Å². The number of hydrogen-bond donors (Lipinski definition) is 0. The van der Waals surface area contributed by atoms with Gasteiger partial charge in [0.05, 0.1) is 9.92 Å². The number of likely N-dealkylation sites (N-methyl/N-ethyl adjacent to an activating group) is 1. The van der Waals surface area contributed by atoms with Crippen molar-refractivity contribution in [1.29, 1.82) is 0 Å². The molecule has 0 aliphatic rings. The molecular weight excluding hydrogens is 374 g/mol. The van der Waals surface area contributed by atoms with Crippen molar-refractivity contribution in [3.8, 4) is 5.75 Å². The molecule has 2 aromatic rings. The van der Waals surface area contributed by atoms with Crippen molar-refractivity contribution in [1.82, 2.24) is 9.29 Å². The maximum Gasteiger partial charge on any atom is 0.387 e. The van der Waals surface area contributed by atoms with E-state index in [9.17, 15) is 17.2 Å². The van der Waals surface area contributed by atoms with Crippen LogP contribution >= 0.6 is 11.6 Å². The molecule has 0 saturated carbocycles. The smallest absolute Gasteiger partial charge is 0.387 e. The van der Waals surface area contributed by atoms with Gasteiger partial charge in [-0.25, -0.2) is 8.42 Å². The summed E-state index contributed by atoms with van der Waals surface area (Å²) in [7, 11) is -3.81. The van der Waals surface area contributed by atoms with Crippen molar-refractivity contribution < 1.29 is 21.9 Å². The first-order chi connectivity index (χ1) is 11.8. The molecule has 0 amide bonds. The van der Waals surface area contributed by atoms with E-state index in [0.29, 0.717) is 6.42 Å². The Morgan fingerprint density at radius 1 is 1.28 bits per heavy atom. The molecular formula is C16H17ClF2N2O3S. The van der Waals surface area contributed by atoms with Gasteiger partial charge < -0.3 is 4.74 Å². The van der Waals surface area contributed by atoms with Crippen LogP contribution < -0.4 is 4.74 Å². The molecule has 9 heteroatoms. The number of benzene rings is 1. The molecule has 0 saturated heterocycles. The van der Waals surface area contributed by atoms with Crippen molar-refractivity contribution >= 4 is 21.6 Å². The summed E-state index contributed by atoms with van der Waals surface area (Å²) in [6, 6.07) is 8.85. The van der Waals surface area contributed by atoms with Crippen LogP contribution in [-0.2, 0) is 16.4 Å². The van der Waals surface area contributed by atoms with Gasteiger partial charge in [0, 0.05) is 31.4 Å². The molecule has 0 spiro atoms. The molecule has 0 bridgehead atoms. The van der Waals surface area contributed by atoms with Gasteiger partial charge >= 0.3 is 6.61 Å². The van der Waals surface area contributed by atoms with E-state index in [1.165, 1.54) is 10.4 Å². The summed E-state index contributed by atoms with van der Waals surface area (Å²) in [6.45, 7) is -0.832. The molecule has 0 aliphatic heterocycles. The van der Waals surface area contributed by atoms with Gasteiger partial charge in [0.25, 0.3) is 0 Å². The number of pyridine rings is 1. The number of rotatable bonds is 8. The third-order valence-corrected chi connectivity index (χ3v) is 5.72. The van der Waals surface area contributed by atoms with E-state index >= 15 is 0 Å². The Morgan fingerprint density at radius 3 is 2.60 bits per heavy atom. The van der Waals surface area contributed by atoms with Crippen LogP contribution in [0.5, 0.6) is 5.75 Å². The zero-order valence-electron chi connectivity index (χ0n) is 13.4. The van der Waals surface area contributed by atoms with Crippen LogP contribution in [0.15, 0.2) is 47.5 Å². The monoisotopic (exact) mass is 390 g/mol. The van der Waals surface area contributed by atoms with Crippen LogP contribution in [-0.4, -0.2) is 37.4 Å². The fourth-order valence-electron chi connectivity index (χ4n) is 2.22. The van der Waals surface area contributed by atoms with Gasteiger partial charge in [-0.15, -0.1) is 0 Å². The van der Waals surface area contributed by atoms with Gasteiger partial charge in [0.2, 0.25) is 10.0 Å². The normalized spacial score (nSPS) is 11.9. The minimum atomic E-state index is -3.81. The van der Waals surface area contributed by atoms with Gasteiger partial charge in [-0.3, -0.25) is 4.98 Å². The van der Waals surface area contributed by atoms with Crippen molar-refractivity contribution in [2.45, 2.75) is 24.9 Å². The van der Waals surface area contributed by atoms with Gasteiger partial charge in [-0.2, -0.15) is 13.1 Å². The number of nitrogens with zero attached hydrogens (tertiary/aromatic N) is 2. The molecule has 0 N–H and O–H groups in total. The summed E-state index contributed by atoms with van der Waals surface area (Å²) in [4.78, 5) is 4.08. The van der Waals surface area contributed by atoms with Crippen molar-refractivity contribution in [3.05, 3.63) is 53.3 Å². The predicted octanol–water partition coefficient (Wildman–Crippen LogP) is 3.59. The second-order valence-corrected chi connectivity index (χ2v) is 7.38. The zero-order valence-corrected chi connectivity index (χ0v) is 15.0. The maximum atomic E-state index is 12.7. The molecule has 1 aromatic heterocycles. The fraction of sp³-hybridized carbons (Fsp3) is 0.312. The lowest BCUT2D eigenvalue weighted by Gasteiger charge is -2.20. The lowest BCUT2D eigenvalue weighted by atomic mass is 10.3. The molecule has 0 aliphatic carbocycles. The Balaban J connectivity index is 2.18. The zero-order chi connectivity index (χ0) is 18.4. The highest BCUT2D eigenvalue weighted by molar-refractivity contribution is 7.89.